The number of hydrogen-bond acceptors (Lipinski definition) is 3. The van der Waals surface area contributed by atoms with Crippen LogP contribution in [0.2, 0.25) is 0 Å². The molecule has 1 aromatic carbocycles. The molecule has 0 radical (unpaired) electrons. The number of aromatic carboxylic acids is 1. The van der Waals surface area contributed by atoms with Gasteiger partial charge >= 0.3 is 12.0 Å². The van der Waals surface area contributed by atoms with E-state index in [0.29, 0.717) is 6.61 Å². The van der Waals surface area contributed by atoms with Gasteiger partial charge in [-0.3, -0.25) is 0 Å². The fourth-order valence-electron chi connectivity index (χ4n) is 2.18. The highest BCUT2D eigenvalue weighted by atomic mass is 16.5. The maximum atomic E-state index is 11.8. The van der Waals surface area contributed by atoms with E-state index in [1.807, 2.05) is 6.92 Å². The number of hydrogen-bond donors (Lipinski definition) is 3. The van der Waals surface area contributed by atoms with Gasteiger partial charge in [0.1, 0.15) is 0 Å². The van der Waals surface area contributed by atoms with Gasteiger partial charge in [-0.2, -0.15) is 0 Å². The van der Waals surface area contributed by atoms with Crippen LogP contribution < -0.4 is 10.6 Å². The van der Waals surface area contributed by atoms with Crippen molar-refractivity contribution >= 4 is 17.7 Å². The van der Waals surface area contributed by atoms with Crippen molar-refractivity contribution in [1.82, 2.24) is 5.32 Å². The quantitative estimate of drug-likeness (QED) is 0.769. The summed E-state index contributed by atoms with van der Waals surface area (Å²) >= 11 is 0. The molecule has 0 spiro atoms. The highest BCUT2D eigenvalue weighted by Crippen LogP contribution is 2.23. The molecule has 0 bridgehead atoms. The Balaban J connectivity index is 1.85. The van der Waals surface area contributed by atoms with Crippen molar-refractivity contribution in [1.29, 1.82) is 0 Å². The summed E-state index contributed by atoms with van der Waals surface area (Å²) in [5, 5.41) is 14.4. The Morgan fingerprint density at radius 3 is 2.70 bits per heavy atom. The van der Waals surface area contributed by atoms with Crippen LogP contribution in [-0.4, -0.2) is 35.9 Å². The Labute approximate surface area is 117 Å². The molecule has 2 rings (SSSR count). The molecular formula is C14H18N2O4. The van der Waals surface area contributed by atoms with Gasteiger partial charge in [-0.15, -0.1) is 0 Å². The lowest BCUT2D eigenvalue weighted by Crippen LogP contribution is -2.49. The topological polar surface area (TPSA) is 87.7 Å². The first-order chi connectivity index (χ1) is 9.60. The second-order valence-electron chi connectivity index (χ2n) is 4.69. The monoisotopic (exact) mass is 278 g/mol. The lowest BCUT2D eigenvalue weighted by Gasteiger charge is -2.35. The van der Waals surface area contributed by atoms with Crippen molar-refractivity contribution in [2.75, 3.05) is 11.9 Å². The number of carbonyl (C=O) groups excluding carboxylic acids is 1. The third-order valence-corrected chi connectivity index (χ3v) is 3.24. The normalized spacial score (nSPS) is 20.9. The first-order valence-electron chi connectivity index (χ1n) is 6.61. The Morgan fingerprint density at radius 2 is 2.05 bits per heavy atom. The van der Waals surface area contributed by atoms with E-state index in [0.717, 1.165) is 12.8 Å². The number of ether oxygens (including phenoxy) is 1. The second kappa shape index (κ2) is 6.38. The minimum absolute atomic E-state index is 0.0726. The van der Waals surface area contributed by atoms with Crippen molar-refractivity contribution in [2.24, 2.45) is 0 Å². The number of rotatable bonds is 5. The second-order valence-corrected chi connectivity index (χ2v) is 4.69. The lowest BCUT2D eigenvalue weighted by atomic mass is 9.89. The van der Waals surface area contributed by atoms with E-state index in [-0.39, 0.29) is 23.4 Å². The molecule has 20 heavy (non-hydrogen) atoms. The van der Waals surface area contributed by atoms with Crippen LogP contribution in [0.15, 0.2) is 24.3 Å². The Morgan fingerprint density at radius 1 is 1.35 bits per heavy atom. The van der Waals surface area contributed by atoms with Crippen LogP contribution in [0.1, 0.15) is 30.1 Å². The highest BCUT2D eigenvalue weighted by Gasteiger charge is 2.30. The highest BCUT2D eigenvalue weighted by molar-refractivity contribution is 6.00. The van der Waals surface area contributed by atoms with Crippen LogP contribution in [0.5, 0.6) is 0 Å². The molecule has 3 N–H and O–H groups in total. The number of carboxylic acids is 1. The molecule has 0 aliphatic heterocycles. The minimum Gasteiger partial charge on any atom is -0.478 e. The summed E-state index contributed by atoms with van der Waals surface area (Å²) in [5.41, 5.74) is 0.363. The number of carboxylic acid groups (broad SMARTS) is 1. The van der Waals surface area contributed by atoms with E-state index in [9.17, 15) is 9.59 Å². The van der Waals surface area contributed by atoms with E-state index in [4.69, 9.17) is 9.84 Å². The molecule has 0 heterocycles. The van der Waals surface area contributed by atoms with Crippen LogP contribution in [0.3, 0.4) is 0 Å². The first-order valence-corrected chi connectivity index (χ1v) is 6.61. The third-order valence-electron chi connectivity index (χ3n) is 3.24. The van der Waals surface area contributed by atoms with Gasteiger partial charge in [-0.05, 0) is 31.9 Å². The SMILES string of the molecule is CCOC1CC(NC(=O)Nc2ccccc2C(=O)O)C1. The van der Waals surface area contributed by atoms with Gasteiger partial charge in [0.2, 0.25) is 0 Å². The molecule has 108 valence electrons. The molecule has 0 aromatic heterocycles. The summed E-state index contributed by atoms with van der Waals surface area (Å²) in [4.78, 5) is 22.8. The van der Waals surface area contributed by atoms with Crippen molar-refractivity contribution in [3.8, 4) is 0 Å². The molecule has 1 fully saturated rings. The molecule has 1 aromatic rings. The summed E-state index contributed by atoms with van der Waals surface area (Å²) in [6.45, 7) is 2.62. The number of nitrogens with one attached hydrogen (secondary N) is 2. The maximum absolute atomic E-state index is 11.8. The molecule has 0 unspecified atom stereocenters. The third kappa shape index (κ3) is 3.48. The van der Waals surface area contributed by atoms with E-state index in [2.05, 4.69) is 10.6 Å². The van der Waals surface area contributed by atoms with E-state index < -0.39 is 12.0 Å². The average Bonchev–Trinajstić information content (AvgIpc) is 2.36. The maximum Gasteiger partial charge on any atom is 0.337 e. The van der Waals surface area contributed by atoms with Crippen molar-refractivity contribution in [2.45, 2.75) is 31.9 Å². The van der Waals surface area contributed by atoms with Crippen LogP contribution in [-0.2, 0) is 4.74 Å². The number of urea groups is 1. The van der Waals surface area contributed by atoms with Crippen molar-refractivity contribution < 1.29 is 19.4 Å². The van der Waals surface area contributed by atoms with Gasteiger partial charge in [0.15, 0.2) is 0 Å². The predicted octanol–water partition coefficient (Wildman–Crippen LogP) is 2.07. The standard InChI is InChI=1S/C14H18N2O4/c1-2-20-10-7-9(8-10)15-14(19)16-12-6-4-3-5-11(12)13(17)18/h3-6,9-10H,2,7-8H2,1H3,(H,17,18)(H2,15,16,19). The molecule has 1 aliphatic carbocycles. The van der Waals surface area contributed by atoms with Crippen molar-refractivity contribution in [3.63, 3.8) is 0 Å². The summed E-state index contributed by atoms with van der Waals surface area (Å²) in [6, 6.07) is 6.00. The lowest BCUT2D eigenvalue weighted by molar-refractivity contribution is -0.00673. The summed E-state index contributed by atoms with van der Waals surface area (Å²) in [7, 11) is 0. The number of para-hydroxylation sites is 1. The molecule has 1 aliphatic rings. The molecular weight excluding hydrogens is 260 g/mol. The Bertz CT molecular complexity index is 498. The smallest absolute Gasteiger partial charge is 0.337 e. The molecule has 6 heteroatoms. The molecule has 0 atom stereocenters. The predicted molar refractivity (Wildman–Crippen MR) is 74.0 cm³/mol. The van der Waals surface area contributed by atoms with Gasteiger partial charge in [-0.25, -0.2) is 9.59 Å². The number of anilines is 1. The van der Waals surface area contributed by atoms with Crippen LogP contribution >= 0.6 is 0 Å². The van der Waals surface area contributed by atoms with Gasteiger partial charge in [0.25, 0.3) is 0 Å². The zero-order valence-electron chi connectivity index (χ0n) is 11.3. The zero-order valence-corrected chi connectivity index (χ0v) is 11.3. The van der Waals surface area contributed by atoms with E-state index in [1.165, 1.54) is 6.07 Å². The van der Waals surface area contributed by atoms with Crippen LogP contribution in [0.25, 0.3) is 0 Å². The summed E-state index contributed by atoms with van der Waals surface area (Å²) in [6.07, 6.45) is 1.81. The zero-order chi connectivity index (χ0) is 14.5. The fraction of sp³-hybridized carbons (Fsp3) is 0.429. The average molecular weight is 278 g/mol. The van der Waals surface area contributed by atoms with Gasteiger partial charge < -0.3 is 20.5 Å². The van der Waals surface area contributed by atoms with Gasteiger partial charge in [0, 0.05) is 12.6 Å². The van der Waals surface area contributed by atoms with Crippen molar-refractivity contribution in [3.05, 3.63) is 29.8 Å². The Hall–Kier alpha value is -2.08. The molecule has 2 amide bonds. The largest absolute Gasteiger partial charge is 0.478 e. The molecule has 0 saturated heterocycles. The first kappa shape index (κ1) is 14.3. The van der Waals surface area contributed by atoms with Crippen LogP contribution in [0.4, 0.5) is 10.5 Å². The minimum atomic E-state index is -1.07. The number of benzene rings is 1. The number of carbonyl (C=O) groups is 2. The number of amides is 2. The Kier molecular flexibility index (Phi) is 4.57. The summed E-state index contributed by atoms with van der Waals surface area (Å²) in [5.74, 6) is -1.07. The van der Waals surface area contributed by atoms with E-state index >= 15 is 0 Å². The molecule has 6 nitrogen and oxygen atoms in total. The van der Waals surface area contributed by atoms with Crippen LogP contribution in [0, 0.1) is 0 Å². The summed E-state index contributed by atoms with van der Waals surface area (Å²) < 4.78 is 5.41. The van der Waals surface area contributed by atoms with E-state index in [1.54, 1.807) is 18.2 Å². The van der Waals surface area contributed by atoms with Gasteiger partial charge in [-0.1, -0.05) is 12.1 Å². The molecule has 1 saturated carbocycles. The van der Waals surface area contributed by atoms with Gasteiger partial charge in [0.05, 0.1) is 17.4 Å². The fourth-order valence-corrected chi connectivity index (χ4v) is 2.18.